The summed E-state index contributed by atoms with van der Waals surface area (Å²) in [7, 11) is 0. The number of hydrogen-bond acceptors (Lipinski definition) is 2. The van der Waals surface area contributed by atoms with Crippen LogP contribution in [0.25, 0.3) is 11.3 Å². The second-order valence-electron chi connectivity index (χ2n) is 7.39. The Bertz CT molecular complexity index is 564. The Labute approximate surface area is 121 Å². The molecule has 0 aliphatic heterocycles. The van der Waals surface area contributed by atoms with E-state index in [1.165, 1.54) is 0 Å². The van der Waals surface area contributed by atoms with E-state index in [9.17, 15) is 5.11 Å². The molecule has 0 atom stereocenters. The average Bonchev–Trinajstić information content (AvgIpc) is 2.79. The molecule has 0 saturated carbocycles. The highest BCUT2D eigenvalue weighted by Crippen LogP contribution is 2.41. The molecule has 0 radical (unpaired) electrons. The lowest BCUT2D eigenvalue weighted by Gasteiger charge is -2.28. The van der Waals surface area contributed by atoms with Gasteiger partial charge in [-0.15, -0.1) is 0 Å². The molecule has 0 bridgehead atoms. The van der Waals surface area contributed by atoms with E-state index >= 15 is 0 Å². The number of aromatic nitrogens is 2. The number of benzene rings is 1. The average molecular weight is 272 g/mol. The van der Waals surface area contributed by atoms with Crippen molar-refractivity contribution in [3.8, 4) is 17.0 Å². The van der Waals surface area contributed by atoms with Crippen molar-refractivity contribution in [2.24, 2.45) is 0 Å². The normalized spacial score (nSPS) is 12.7. The number of nitrogens with one attached hydrogen (secondary N) is 1. The van der Waals surface area contributed by atoms with Gasteiger partial charge in [0.2, 0.25) is 0 Å². The molecule has 2 N–H and O–H groups in total. The van der Waals surface area contributed by atoms with Crippen LogP contribution in [0.2, 0.25) is 0 Å². The van der Waals surface area contributed by atoms with Gasteiger partial charge < -0.3 is 10.1 Å². The van der Waals surface area contributed by atoms with E-state index in [0.717, 1.165) is 22.4 Å². The van der Waals surface area contributed by atoms with Crippen molar-refractivity contribution in [2.45, 2.75) is 52.4 Å². The van der Waals surface area contributed by atoms with E-state index in [-0.39, 0.29) is 10.8 Å². The highest BCUT2D eigenvalue weighted by molar-refractivity contribution is 5.65. The third-order valence-electron chi connectivity index (χ3n) is 3.54. The van der Waals surface area contributed by atoms with E-state index in [1.54, 1.807) is 6.33 Å². The van der Waals surface area contributed by atoms with Gasteiger partial charge in [0.25, 0.3) is 0 Å². The third-order valence-corrected chi connectivity index (χ3v) is 3.54. The predicted octanol–water partition coefficient (Wildman–Crippen LogP) is 4.38. The fourth-order valence-electron chi connectivity index (χ4n) is 2.35. The molecule has 0 unspecified atom stereocenters. The predicted molar refractivity (Wildman–Crippen MR) is 83.1 cm³/mol. The molecule has 3 nitrogen and oxygen atoms in total. The first kappa shape index (κ1) is 14.6. The molecule has 20 heavy (non-hydrogen) atoms. The minimum atomic E-state index is -0.111. The molecular formula is C17H24N2O. The molecule has 3 heteroatoms. The molecule has 1 aromatic carbocycles. The summed E-state index contributed by atoms with van der Waals surface area (Å²) in [5.74, 6) is 0.410. The van der Waals surface area contributed by atoms with Crippen LogP contribution in [0.4, 0.5) is 0 Å². The molecule has 0 aliphatic carbocycles. The summed E-state index contributed by atoms with van der Waals surface area (Å²) in [6, 6.07) is 4.11. The van der Waals surface area contributed by atoms with E-state index in [0.29, 0.717) is 5.75 Å². The Morgan fingerprint density at radius 2 is 1.45 bits per heavy atom. The lowest BCUT2D eigenvalue weighted by Crippen LogP contribution is -2.17. The standard InChI is InChI=1S/C17H24N2O/c1-16(2,3)12-7-11(14-9-18-10-19-14)8-13(15(12)20)17(4,5)6/h7-10,20H,1-6H3,(H,18,19). The number of H-pyrrole nitrogens is 1. The summed E-state index contributed by atoms with van der Waals surface area (Å²) in [5.41, 5.74) is 3.75. The van der Waals surface area contributed by atoms with Gasteiger partial charge in [0.05, 0.1) is 18.2 Å². The second kappa shape index (κ2) is 4.65. The SMILES string of the molecule is CC(C)(C)c1cc(-c2cnc[nH]2)cc(C(C)(C)C)c1O. The quantitative estimate of drug-likeness (QED) is 0.809. The Morgan fingerprint density at radius 1 is 0.950 bits per heavy atom. The Morgan fingerprint density at radius 3 is 1.80 bits per heavy atom. The van der Waals surface area contributed by atoms with Gasteiger partial charge in [0.15, 0.2) is 0 Å². The fraction of sp³-hybridized carbons (Fsp3) is 0.471. The van der Waals surface area contributed by atoms with Crippen molar-refractivity contribution < 1.29 is 5.11 Å². The van der Waals surface area contributed by atoms with Crippen LogP contribution >= 0.6 is 0 Å². The maximum Gasteiger partial charge on any atom is 0.123 e. The van der Waals surface area contributed by atoms with Crippen molar-refractivity contribution in [2.75, 3.05) is 0 Å². The number of phenols is 1. The van der Waals surface area contributed by atoms with Crippen LogP contribution in [0.1, 0.15) is 52.7 Å². The van der Waals surface area contributed by atoms with Crippen LogP contribution in [-0.4, -0.2) is 15.1 Å². The topological polar surface area (TPSA) is 48.9 Å². The zero-order chi connectivity index (χ0) is 15.1. The monoisotopic (exact) mass is 272 g/mol. The maximum absolute atomic E-state index is 10.7. The second-order valence-corrected chi connectivity index (χ2v) is 7.39. The van der Waals surface area contributed by atoms with Crippen LogP contribution in [0.15, 0.2) is 24.7 Å². The van der Waals surface area contributed by atoms with Crippen LogP contribution in [-0.2, 0) is 10.8 Å². The van der Waals surface area contributed by atoms with Crippen molar-refractivity contribution in [1.29, 1.82) is 0 Å². The molecule has 0 fully saturated rings. The Kier molecular flexibility index (Phi) is 3.41. The highest BCUT2D eigenvalue weighted by Gasteiger charge is 2.26. The van der Waals surface area contributed by atoms with Crippen molar-refractivity contribution >= 4 is 0 Å². The van der Waals surface area contributed by atoms with E-state index in [4.69, 9.17) is 0 Å². The van der Waals surface area contributed by atoms with Crippen LogP contribution < -0.4 is 0 Å². The third kappa shape index (κ3) is 2.72. The van der Waals surface area contributed by atoms with Crippen LogP contribution in [0.5, 0.6) is 5.75 Å². The fourth-order valence-corrected chi connectivity index (χ4v) is 2.35. The zero-order valence-electron chi connectivity index (χ0n) is 13.2. The summed E-state index contributed by atoms with van der Waals surface area (Å²) in [6.07, 6.45) is 3.49. The number of aromatic amines is 1. The molecule has 0 amide bonds. The summed E-state index contributed by atoms with van der Waals surface area (Å²) >= 11 is 0. The van der Waals surface area contributed by atoms with Gasteiger partial charge in [-0.05, 0) is 23.0 Å². The molecule has 1 heterocycles. The largest absolute Gasteiger partial charge is 0.507 e. The maximum atomic E-state index is 10.7. The number of imidazole rings is 1. The zero-order valence-corrected chi connectivity index (χ0v) is 13.2. The van der Waals surface area contributed by atoms with Crippen molar-refractivity contribution in [1.82, 2.24) is 9.97 Å². The highest BCUT2D eigenvalue weighted by atomic mass is 16.3. The first-order valence-corrected chi connectivity index (χ1v) is 6.97. The van der Waals surface area contributed by atoms with Gasteiger partial charge in [-0.25, -0.2) is 4.98 Å². The number of phenolic OH excluding ortho intramolecular Hbond substituents is 1. The molecule has 0 spiro atoms. The summed E-state index contributed by atoms with van der Waals surface area (Å²) in [5, 5.41) is 10.7. The molecule has 2 rings (SSSR count). The van der Waals surface area contributed by atoms with Gasteiger partial charge in [-0.3, -0.25) is 0 Å². The first-order chi connectivity index (χ1) is 9.10. The molecule has 1 aromatic heterocycles. The van der Waals surface area contributed by atoms with E-state index < -0.39 is 0 Å². The van der Waals surface area contributed by atoms with E-state index in [2.05, 4.69) is 63.6 Å². The number of aromatic hydroxyl groups is 1. The van der Waals surface area contributed by atoms with Gasteiger partial charge in [-0.1, -0.05) is 41.5 Å². The number of rotatable bonds is 1. The van der Waals surface area contributed by atoms with Gasteiger partial charge in [0.1, 0.15) is 5.75 Å². The summed E-state index contributed by atoms with van der Waals surface area (Å²) in [6.45, 7) is 12.7. The smallest absolute Gasteiger partial charge is 0.123 e. The Balaban J connectivity index is 2.74. The Hall–Kier alpha value is -1.77. The minimum Gasteiger partial charge on any atom is -0.507 e. The lowest BCUT2D eigenvalue weighted by molar-refractivity contribution is 0.423. The number of nitrogens with zero attached hydrogens (tertiary/aromatic N) is 1. The van der Waals surface area contributed by atoms with Crippen LogP contribution in [0, 0.1) is 0 Å². The van der Waals surface area contributed by atoms with Gasteiger partial charge in [0, 0.05) is 16.7 Å². The molecule has 0 saturated heterocycles. The van der Waals surface area contributed by atoms with Crippen molar-refractivity contribution in [3.63, 3.8) is 0 Å². The van der Waals surface area contributed by atoms with Crippen LogP contribution in [0.3, 0.4) is 0 Å². The summed E-state index contributed by atoms with van der Waals surface area (Å²) < 4.78 is 0. The molecule has 2 aromatic rings. The van der Waals surface area contributed by atoms with Gasteiger partial charge in [-0.2, -0.15) is 0 Å². The number of hydrogen-bond donors (Lipinski definition) is 2. The lowest BCUT2D eigenvalue weighted by atomic mass is 9.78. The molecule has 0 aliphatic rings. The first-order valence-electron chi connectivity index (χ1n) is 6.97. The summed E-state index contributed by atoms with van der Waals surface area (Å²) in [4.78, 5) is 7.22. The van der Waals surface area contributed by atoms with Gasteiger partial charge >= 0.3 is 0 Å². The van der Waals surface area contributed by atoms with E-state index in [1.807, 2.05) is 6.20 Å². The molecule has 108 valence electrons. The van der Waals surface area contributed by atoms with Crippen molar-refractivity contribution in [3.05, 3.63) is 35.8 Å². The minimum absolute atomic E-state index is 0.111. The molecular weight excluding hydrogens is 248 g/mol.